The first-order valence-electron chi connectivity index (χ1n) is 7.48. The van der Waals surface area contributed by atoms with Crippen molar-refractivity contribution in [2.75, 3.05) is 12.5 Å². The highest BCUT2D eigenvalue weighted by atomic mass is 79.9. The van der Waals surface area contributed by atoms with Crippen LogP contribution in [-0.2, 0) is 13.2 Å². The second kappa shape index (κ2) is 7.98. The van der Waals surface area contributed by atoms with Gasteiger partial charge in [0.05, 0.1) is 13.7 Å². The molecular weight excluding hydrogens is 391 g/mol. The second-order valence-corrected chi connectivity index (χ2v) is 6.07. The molecule has 0 saturated carbocycles. The minimum absolute atomic E-state index is 0.269. The number of hydrogen-bond acceptors (Lipinski definition) is 5. The summed E-state index contributed by atoms with van der Waals surface area (Å²) in [5, 5.41) is 7.47. The van der Waals surface area contributed by atoms with Gasteiger partial charge in [0.25, 0.3) is 0 Å². The van der Waals surface area contributed by atoms with Crippen molar-refractivity contribution in [1.82, 2.24) is 14.9 Å². The lowest BCUT2D eigenvalue weighted by molar-refractivity contribution is 0.284. The largest absolute Gasteiger partial charge is 0.493 e. The van der Waals surface area contributed by atoms with E-state index in [9.17, 15) is 4.39 Å². The van der Waals surface area contributed by atoms with Crippen molar-refractivity contribution < 1.29 is 13.9 Å². The normalized spacial score (nSPS) is 10.5. The van der Waals surface area contributed by atoms with Gasteiger partial charge in [0, 0.05) is 4.47 Å². The van der Waals surface area contributed by atoms with Gasteiger partial charge in [-0.25, -0.2) is 9.07 Å². The third-order valence-corrected chi connectivity index (χ3v) is 4.25. The highest BCUT2D eigenvalue weighted by molar-refractivity contribution is 9.10. The van der Waals surface area contributed by atoms with Crippen molar-refractivity contribution in [2.24, 2.45) is 0 Å². The summed E-state index contributed by atoms with van der Waals surface area (Å²) in [4.78, 5) is 0. The predicted molar refractivity (Wildman–Crippen MR) is 94.5 cm³/mol. The molecule has 0 spiro atoms. The van der Waals surface area contributed by atoms with Gasteiger partial charge in [-0.3, -0.25) is 0 Å². The van der Waals surface area contributed by atoms with Crippen LogP contribution in [0.2, 0.25) is 0 Å². The Morgan fingerprint density at radius 3 is 2.52 bits per heavy atom. The number of halogens is 2. The smallest absolute Gasteiger partial charge is 0.162 e. The number of rotatable bonds is 7. The van der Waals surface area contributed by atoms with E-state index in [-0.39, 0.29) is 5.82 Å². The van der Waals surface area contributed by atoms with E-state index >= 15 is 0 Å². The van der Waals surface area contributed by atoms with Crippen molar-refractivity contribution in [3.63, 3.8) is 0 Å². The first kappa shape index (κ1) is 17.2. The average Bonchev–Trinajstić information content (AvgIpc) is 3.14. The van der Waals surface area contributed by atoms with Crippen molar-refractivity contribution in [3.8, 4) is 11.5 Å². The molecule has 0 fully saturated rings. The number of nitrogens with one attached hydrogen (secondary N) is 1. The number of methoxy groups -OCH3 is 1. The zero-order chi connectivity index (χ0) is 17.6. The van der Waals surface area contributed by atoms with Crippen molar-refractivity contribution in [2.45, 2.75) is 13.2 Å². The molecule has 0 saturated heterocycles. The van der Waals surface area contributed by atoms with Crippen LogP contribution in [0, 0.1) is 5.82 Å². The van der Waals surface area contributed by atoms with Crippen LogP contribution >= 0.6 is 15.9 Å². The van der Waals surface area contributed by atoms with E-state index in [0.29, 0.717) is 24.7 Å². The van der Waals surface area contributed by atoms with Gasteiger partial charge in [0.2, 0.25) is 0 Å². The molecule has 0 aliphatic rings. The van der Waals surface area contributed by atoms with E-state index in [4.69, 9.17) is 9.47 Å². The maximum Gasteiger partial charge on any atom is 0.162 e. The molecule has 0 bridgehead atoms. The first-order chi connectivity index (χ1) is 12.2. The summed E-state index contributed by atoms with van der Waals surface area (Å²) in [5.74, 6) is 0.951. The first-order valence-corrected chi connectivity index (χ1v) is 8.27. The molecule has 2 aromatic carbocycles. The minimum Gasteiger partial charge on any atom is -0.493 e. The number of benzene rings is 2. The van der Waals surface area contributed by atoms with Crippen LogP contribution in [0.25, 0.3) is 0 Å². The topological polar surface area (TPSA) is 61.2 Å². The van der Waals surface area contributed by atoms with E-state index < -0.39 is 0 Å². The molecule has 0 aliphatic heterocycles. The van der Waals surface area contributed by atoms with Crippen LogP contribution in [0.4, 0.5) is 4.39 Å². The highest BCUT2D eigenvalue weighted by Gasteiger charge is 2.11. The molecule has 3 aromatic rings. The molecular formula is C17H16BrFN4O2. The van der Waals surface area contributed by atoms with E-state index in [1.807, 2.05) is 12.1 Å². The standard InChI is InChI=1S/C17H16BrFN4O2/c1-24-16-6-13(8-22-23-10-20-21-11-23)15(18)7-17(16)25-9-12-2-4-14(19)5-3-12/h2-7,10-11,22H,8-9H2,1H3. The quantitative estimate of drug-likeness (QED) is 0.650. The van der Waals surface area contributed by atoms with Crippen LogP contribution in [-0.4, -0.2) is 22.0 Å². The summed E-state index contributed by atoms with van der Waals surface area (Å²) in [6, 6.07) is 9.94. The Kier molecular flexibility index (Phi) is 5.49. The monoisotopic (exact) mass is 406 g/mol. The summed E-state index contributed by atoms with van der Waals surface area (Å²) in [5.41, 5.74) is 5.00. The summed E-state index contributed by atoms with van der Waals surface area (Å²) >= 11 is 3.54. The fourth-order valence-corrected chi connectivity index (χ4v) is 2.65. The Morgan fingerprint density at radius 2 is 1.84 bits per heavy atom. The summed E-state index contributed by atoms with van der Waals surface area (Å²) in [7, 11) is 1.59. The lowest BCUT2D eigenvalue weighted by atomic mass is 10.2. The Balaban J connectivity index is 1.71. The molecule has 1 heterocycles. The van der Waals surface area contributed by atoms with E-state index in [2.05, 4.69) is 31.6 Å². The highest BCUT2D eigenvalue weighted by Crippen LogP contribution is 2.34. The Labute approximate surface area is 152 Å². The molecule has 8 heteroatoms. The molecule has 0 radical (unpaired) electrons. The molecule has 1 N–H and O–H groups in total. The molecule has 25 heavy (non-hydrogen) atoms. The molecule has 0 amide bonds. The third-order valence-electron chi connectivity index (χ3n) is 3.51. The van der Waals surface area contributed by atoms with Crippen LogP contribution in [0.1, 0.15) is 11.1 Å². The van der Waals surface area contributed by atoms with Crippen LogP contribution < -0.4 is 14.9 Å². The van der Waals surface area contributed by atoms with Gasteiger partial charge in [-0.2, -0.15) is 0 Å². The van der Waals surface area contributed by atoms with Crippen molar-refractivity contribution in [1.29, 1.82) is 0 Å². The van der Waals surface area contributed by atoms with Crippen molar-refractivity contribution in [3.05, 3.63) is 70.5 Å². The van der Waals surface area contributed by atoms with Gasteiger partial charge in [0.1, 0.15) is 25.1 Å². The zero-order valence-corrected chi connectivity index (χ0v) is 15.0. The molecule has 130 valence electrons. The fourth-order valence-electron chi connectivity index (χ4n) is 2.19. The number of hydrogen-bond donors (Lipinski definition) is 1. The molecule has 0 unspecified atom stereocenters. The summed E-state index contributed by atoms with van der Waals surface area (Å²) in [6.07, 6.45) is 3.15. The SMILES string of the molecule is COc1cc(CNn2cnnc2)c(Br)cc1OCc1ccc(F)cc1. The average molecular weight is 407 g/mol. The fraction of sp³-hybridized carbons (Fsp3) is 0.176. The maximum absolute atomic E-state index is 13.0. The van der Waals surface area contributed by atoms with Gasteiger partial charge < -0.3 is 14.9 Å². The van der Waals surface area contributed by atoms with E-state index in [1.165, 1.54) is 12.1 Å². The van der Waals surface area contributed by atoms with E-state index in [1.54, 1.807) is 36.6 Å². The van der Waals surface area contributed by atoms with Crippen molar-refractivity contribution >= 4 is 15.9 Å². The molecule has 6 nitrogen and oxygen atoms in total. The minimum atomic E-state index is -0.269. The zero-order valence-electron chi connectivity index (χ0n) is 13.4. The Bertz CT molecular complexity index is 825. The summed E-state index contributed by atoms with van der Waals surface area (Å²) in [6.45, 7) is 0.870. The van der Waals surface area contributed by atoms with Gasteiger partial charge in [0.15, 0.2) is 11.5 Å². The molecule has 1 aromatic heterocycles. The van der Waals surface area contributed by atoms with Gasteiger partial charge >= 0.3 is 0 Å². The lowest BCUT2D eigenvalue weighted by Crippen LogP contribution is -2.12. The van der Waals surface area contributed by atoms with Crippen LogP contribution in [0.3, 0.4) is 0 Å². The molecule has 0 aliphatic carbocycles. The predicted octanol–water partition coefficient (Wildman–Crippen LogP) is 3.51. The van der Waals surface area contributed by atoms with Gasteiger partial charge in [-0.1, -0.05) is 28.1 Å². The Hall–Kier alpha value is -2.61. The number of ether oxygens (including phenoxy) is 2. The number of nitrogens with zero attached hydrogens (tertiary/aromatic N) is 3. The van der Waals surface area contributed by atoms with Crippen LogP contribution in [0.5, 0.6) is 11.5 Å². The summed E-state index contributed by atoms with van der Waals surface area (Å²) < 4.78 is 26.7. The third kappa shape index (κ3) is 4.48. The second-order valence-electron chi connectivity index (χ2n) is 5.21. The Morgan fingerprint density at radius 1 is 1.12 bits per heavy atom. The van der Waals surface area contributed by atoms with E-state index in [0.717, 1.165) is 15.6 Å². The lowest BCUT2D eigenvalue weighted by Gasteiger charge is -2.15. The maximum atomic E-state index is 13.0. The van der Waals surface area contributed by atoms with Gasteiger partial charge in [-0.05, 0) is 35.4 Å². The number of aromatic nitrogens is 3. The van der Waals surface area contributed by atoms with Crippen LogP contribution in [0.15, 0.2) is 53.5 Å². The molecule has 3 rings (SSSR count). The molecule has 0 atom stereocenters. The van der Waals surface area contributed by atoms with Gasteiger partial charge in [-0.15, -0.1) is 10.2 Å².